The number of aryl methyl sites for hydroxylation is 1. The van der Waals surface area contributed by atoms with Crippen LogP contribution >= 0.6 is 23.2 Å². The second kappa shape index (κ2) is 10.2. The molecule has 8 heteroatoms. The normalized spacial score (nSPS) is 15.3. The van der Waals surface area contributed by atoms with E-state index in [1.54, 1.807) is 6.07 Å². The summed E-state index contributed by atoms with van der Waals surface area (Å²) in [6.07, 6.45) is 2.40. The van der Waals surface area contributed by atoms with Crippen molar-refractivity contribution >= 4 is 35.4 Å². The van der Waals surface area contributed by atoms with Crippen LogP contribution in [0.5, 0.6) is 0 Å². The van der Waals surface area contributed by atoms with Crippen molar-refractivity contribution in [2.45, 2.75) is 52.6 Å². The Morgan fingerprint density at radius 2 is 1.90 bits per heavy atom. The standard InChI is InChI=1S/C19H23Cl2N5O.C2H6/c1-12-17(13-4-3-5-14(20)16(13)21)25-15(10-23-11-27)18(24-12)26-8-6-19(2,22)7-9-26;1-2/h3-5,11H,6-10,22H2,1-2H3,(H,23,27);1-2H3. The topological polar surface area (TPSA) is 84.1 Å². The molecular weight excluding hydrogens is 409 g/mol. The summed E-state index contributed by atoms with van der Waals surface area (Å²) in [6.45, 7) is 9.85. The molecule has 2 heterocycles. The molecule has 1 aromatic carbocycles. The first-order valence-corrected chi connectivity index (χ1v) is 10.6. The van der Waals surface area contributed by atoms with Gasteiger partial charge in [0.1, 0.15) is 5.69 Å². The van der Waals surface area contributed by atoms with E-state index in [0.717, 1.165) is 43.0 Å². The van der Waals surface area contributed by atoms with Crippen molar-refractivity contribution in [1.29, 1.82) is 0 Å². The molecule has 1 saturated heterocycles. The Labute approximate surface area is 182 Å². The number of hydrogen-bond donors (Lipinski definition) is 2. The molecule has 0 saturated carbocycles. The maximum Gasteiger partial charge on any atom is 0.207 e. The van der Waals surface area contributed by atoms with Crippen molar-refractivity contribution in [3.8, 4) is 11.3 Å². The first kappa shape index (κ1) is 23.4. The Morgan fingerprint density at radius 3 is 2.52 bits per heavy atom. The summed E-state index contributed by atoms with van der Waals surface area (Å²) in [5.74, 6) is 0.777. The van der Waals surface area contributed by atoms with Gasteiger partial charge in [0.2, 0.25) is 6.41 Å². The minimum Gasteiger partial charge on any atom is -0.355 e. The SMILES string of the molecule is CC.Cc1nc(N2CCC(C)(N)CC2)c(CNC=O)nc1-c1cccc(Cl)c1Cl. The van der Waals surface area contributed by atoms with Crippen LogP contribution in [0.25, 0.3) is 11.3 Å². The zero-order chi connectivity index (χ0) is 21.6. The van der Waals surface area contributed by atoms with Gasteiger partial charge in [-0.05, 0) is 32.8 Å². The molecule has 29 heavy (non-hydrogen) atoms. The summed E-state index contributed by atoms with van der Waals surface area (Å²) >= 11 is 12.5. The molecule has 1 amide bonds. The predicted molar refractivity (Wildman–Crippen MR) is 121 cm³/mol. The van der Waals surface area contributed by atoms with Gasteiger partial charge in [0.05, 0.1) is 28.0 Å². The Kier molecular flexibility index (Phi) is 8.25. The number of anilines is 1. The van der Waals surface area contributed by atoms with E-state index in [0.29, 0.717) is 27.8 Å². The monoisotopic (exact) mass is 437 g/mol. The van der Waals surface area contributed by atoms with E-state index in [9.17, 15) is 4.79 Å². The van der Waals surface area contributed by atoms with E-state index < -0.39 is 0 Å². The molecule has 0 unspecified atom stereocenters. The van der Waals surface area contributed by atoms with Crippen LogP contribution in [-0.4, -0.2) is 35.0 Å². The molecule has 0 bridgehead atoms. The van der Waals surface area contributed by atoms with Gasteiger partial charge >= 0.3 is 0 Å². The highest BCUT2D eigenvalue weighted by atomic mass is 35.5. The van der Waals surface area contributed by atoms with Crippen LogP contribution in [0.15, 0.2) is 18.2 Å². The van der Waals surface area contributed by atoms with Crippen molar-refractivity contribution < 1.29 is 4.79 Å². The molecule has 0 spiro atoms. The van der Waals surface area contributed by atoms with Gasteiger partial charge in [0.15, 0.2) is 5.82 Å². The maximum absolute atomic E-state index is 10.8. The van der Waals surface area contributed by atoms with E-state index in [1.807, 2.05) is 32.9 Å². The molecule has 3 rings (SSSR count). The smallest absolute Gasteiger partial charge is 0.207 e. The van der Waals surface area contributed by atoms with Gasteiger partial charge in [-0.3, -0.25) is 4.79 Å². The number of halogens is 2. The molecule has 6 nitrogen and oxygen atoms in total. The highest BCUT2D eigenvalue weighted by Gasteiger charge is 2.28. The lowest BCUT2D eigenvalue weighted by Crippen LogP contribution is -2.48. The number of piperidine rings is 1. The van der Waals surface area contributed by atoms with Crippen molar-refractivity contribution in [3.63, 3.8) is 0 Å². The molecule has 158 valence electrons. The minimum absolute atomic E-state index is 0.158. The lowest BCUT2D eigenvalue weighted by Gasteiger charge is -2.38. The zero-order valence-corrected chi connectivity index (χ0v) is 18.9. The Morgan fingerprint density at radius 1 is 1.24 bits per heavy atom. The van der Waals surface area contributed by atoms with E-state index in [1.165, 1.54) is 0 Å². The third-order valence-corrected chi connectivity index (χ3v) is 5.70. The average Bonchev–Trinajstić information content (AvgIpc) is 2.71. The van der Waals surface area contributed by atoms with Gasteiger partial charge in [-0.2, -0.15) is 0 Å². The number of hydrogen-bond acceptors (Lipinski definition) is 5. The number of aromatic nitrogens is 2. The Balaban J connectivity index is 0.00000145. The maximum atomic E-state index is 10.8. The summed E-state index contributed by atoms with van der Waals surface area (Å²) in [6, 6.07) is 5.42. The highest BCUT2D eigenvalue weighted by Crippen LogP contribution is 2.35. The minimum atomic E-state index is -0.158. The summed E-state index contributed by atoms with van der Waals surface area (Å²) in [5.41, 5.74) is 8.92. The fourth-order valence-electron chi connectivity index (χ4n) is 3.22. The predicted octanol–water partition coefficient (Wildman–Crippen LogP) is 4.35. The van der Waals surface area contributed by atoms with Crippen LogP contribution < -0.4 is 16.0 Å². The fraction of sp³-hybridized carbons (Fsp3) is 0.476. The average molecular weight is 438 g/mol. The van der Waals surface area contributed by atoms with Crippen molar-refractivity contribution in [3.05, 3.63) is 39.6 Å². The van der Waals surface area contributed by atoms with Crippen LogP contribution in [0, 0.1) is 6.92 Å². The number of rotatable bonds is 5. The zero-order valence-electron chi connectivity index (χ0n) is 17.4. The largest absolute Gasteiger partial charge is 0.355 e. The lowest BCUT2D eigenvalue weighted by atomic mass is 9.91. The second-order valence-corrected chi connectivity index (χ2v) is 7.95. The molecule has 0 radical (unpaired) electrons. The van der Waals surface area contributed by atoms with Gasteiger partial charge in [-0.15, -0.1) is 0 Å². The fourth-order valence-corrected chi connectivity index (χ4v) is 3.61. The van der Waals surface area contributed by atoms with Gasteiger partial charge in [-0.25, -0.2) is 9.97 Å². The van der Waals surface area contributed by atoms with Crippen molar-refractivity contribution in [2.24, 2.45) is 5.73 Å². The third kappa shape index (κ3) is 5.59. The number of amides is 1. The van der Waals surface area contributed by atoms with Crippen LogP contribution in [0.3, 0.4) is 0 Å². The molecule has 1 aromatic heterocycles. The first-order valence-electron chi connectivity index (χ1n) is 9.85. The number of benzene rings is 1. The number of nitrogens with one attached hydrogen (secondary N) is 1. The van der Waals surface area contributed by atoms with Gasteiger partial charge in [0, 0.05) is 24.2 Å². The van der Waals surface area contributed by atoms with E-state index in [4.69, 9.17) is 38.9 Å². The number of nitrogens with zero attached hydrogens (tertiary/aromatic N) is 3. The third-order valence-electron chi connectivity index (χ3n) is 4.89. The van der Waals surface area contributed by atoms with Gasteiger partial charge in [-0.1, -0.05) is 49.2 Å². The van der Waals surface area contributed by atoms with E-state index in [-0.39, 0.29) is 12.1 Å². The second-order valence-electron chi connectivity index (χ2n) is 7.17. The molecule has 1 fully saturated rings. The van der Waals surface area contributed by atoms with Gasteiger partial charge < -0.3 is 16.0 Å². The summed E-state index contributed by atoms with van der Waals surface area (Å²) in [5, 5.41) is 3.59. The summed E-state index contributed by atoms with van der Waals surface area (Å²) < 4.78 is 0. The molecule has 1 aliphatic rings. The molecule has 0 atom stereocenters. The Hall–Kier alpha value is -1.89. The highest BCUT2D eigenvalue weighted by molar-refractivity contribution is 6.43. The first-order chi connectivity index (χ1) is 13.8. The molecule has 2 aromatic rings. The molecular formula is C21H29Cl2N5O. The molecule has 1 aliphatic heterocycles. The van der Waals surface area contributed by atoms with Crippen LogP contribution in [0.1, 0.15) is 45.0 Å². The number of carbonyl (C=O) groups is 1. The van der Waals surface area contributed by atoms with Crippen molar-refractivity contribution in [2.75, 3.05) is 18.0 Å². The van der Waals surface area contributed by atoms with Gasteiger partial charge in [0.25, 0.3) is 0 Å². The number of nitrogens with two attached hydrogens (primary N) is 1. The summed E-state index contributed by atoms with van der Waals surface area (Å²) in [7, 11) is 0. The van der Waals surface area contributed by atoms with Crippen molar-refractivity contribution in [1.82, 2.24) is 15.3 Å². The molecule has 3 N–H and O–H groups in total. The molecule has 0 aliphatic carbocycles. The number of carbonyl (C=O) groups excluding carboxylic acids is 1. The Bertz CT molecular complexity index is 847. The van der Waals surface area contributed by atoms with Crippen LogP contribution in [0.4, 0.5) is 5.82 Å². The van der Waals surface area contributed by atoms with E-state index in [2.05, 4.69) is 17.1 Å². The van der Waals surface area contributed by atoms with Crippen LogP contribution in [-0.2, 0) is 11.3 Å². The summed E-state index contributed by atoms with van der Waals surface area (Å²) in [4.78, 5) is 22.6. The quantitative estimate of drug-likeness (QED) is 0.679. The van der Waals surface area contributed by atoms with E-state index >= 15 is 0 Å². The van der Waals surface area contributed by atoms with Crippen LogP contribution in [0.2, 0.25) is 10.0 Å². The lowest BCUT2D eigenvalue weighted by molar-refractivity contribution is -0.109.